The van der Waals surface area contributed by atoms with Crippen molar-refractivity contribution in [3.63, 3.8) is 0 Å². The molecule has 3 amide bonds. The zero-order valence-electron chi connectivity index (χ0n) is 20.0. The van der Waals surface area contributed by atoms with Crippen LogP contribution in [0.4, 0.5) is 14.9 Å². The Balaban J connectivity index is 1.50. The van der Waals surface area contributed by atoms with E-state index < -0.39 is 23.6 Å². The monoisotopic (exact) mass is 666 g/mol. The predicted molar refractivity (Wildman–Crippen MR) is 154 cm³/mol. The first-order chi connectivity index (χ1) is 18.2. The van der Waals surface area contributed by atoms with E-state index >= 15 is 0 Å². The van der Waals surface area contributed by atoms with Gasteiger partial charge in [0.15, 0.2) is 11.5 Å². The largest absolute Gasteiger partial charge is 0.490 e. The van der Waals surface area contributed by atoms with Crippen LogP contribution in [0.2, 0.25) is 5.02 Å². The van der Waals surface area contributed by atoms with Crippen LogP contribution in [-0.4, -0.2) is 35.1 Å². The molecule has 1 saturated heterocycles. The minimum atomic E-state index is -0.575. The average Bonchev–Trinajstić information content (AvgIpc) is 3.12. The van der Waals surface area contributed by atoms with Crippen LogP contribution < -0.4 is 14.8 Å². The first-order valence-corrected chi connectivity index (χ1v) is 13.7. The number of thioether (sulfide) groups is 1. The number of ether oxygens (including phenoxy) is 2. The molecule has 4 rings (SSSR count). The summed E-state index contributed by atoms with van der Waals surface area (Å²) in [6.07, 6.45) is 1.57. The van der Waals surface area contributed by atoms with Crippen molar-refractivity contribution in [1.29, 1.82) is 0 Å². The number of imide groups is 1. The first-order valence-electron chi connectivity index (χ1n) is 11.4. The van der Waals surface area contributed by atoms with E-state index in [4.69, 9.17) is 21.1 Å². The summed E-state index contributed by atoms with van der Waals surface area (Å²) in [6, 6.07) is 16.3. The molecular formula is C27H21ClFIN2O5S. The van der Waals surface area contributed by atoms with Crippen molar-refractivity contribution in [1.82, 2.24) is 4.90 Å². The maximum absolute atomic E-state index is 13.5. The molecule has 0 unspecified atom stereocenters. The SMILES string of the molecule is CCOc1cc(/C=C2/SC(=O)N(CC(=O)Nc3ccccc3Cl)C2=O)cc(I)c1OCc1cccc(F)c1. The highest BCUT2D eigenvalue weighted by Crippen LogP contribution is 2.38. The Morgan fingerprint density at radius 1 is 1.13 bits per heavy atom. The number of hydrogen-bond acceptors (Lipinski definition) is 6. The van der Waals surface area contributed by atoms with Gasteiger partial charge in [-0.15, -0.1) is 0 Å². The lowest BCUT2D eigenvalue weighted by atomic mass is 10.1. The van der Waals surface area contributed by atoms with E-state index in [0.717, 1.165) is 16.7 Å². The van der Waals surface area contributed by atoms with Crippen LogP contribution in [0, 0.1) is 9.39 Å². The highest BCUT2D eigenvalue weighted by atomic mass is 127. The van der Waals surface area contributed by atoms with Gasteiger partial charge in [0.1, 0.15) is 19.0 Å². The third-order valence-corrected chi connectivity index (χ3v) is 7.26. The van der Waals surface area contributed by atoms with Crippen LogP contribution >= 0.6 is 46.0 Å². The van der Waals surface area contributed by atoms with E-state index in [1.165, 1.54) is 12.1 Å². The molecule has 196 valence electrons. The molecule has 0 saturated carbocycles. The standard InChI is InChI=1S/C27H21ClFIN2O5S/c1-2-36-22-12-17(11-20(30)25(22)37-15-16-6-5-7-18(29)10-16)13-23-26(34)32(27(35)38-23)14-24(33)31-21-9-4-3-8-19(21)28/h3-13H,2,14-15H2,1H3,(H,31,33)/b23-13+. The van der Waals surface area contributed by atoms with Crippen LogP contribution in [0.3, 0.4) is 0 Å². The van der Waals surface area contributed by atoms with E-state index in [0.29, 0.717) is 43.5 Å². The maximum atomic E-state index is 13.5. The number of para-hydroxylation sites is 1. The Morgan fingerprint density at radius 2 is 1.92 bits per heavy atom. The molecule has 1 aliphatic rings. The van der Waals surface area contributed by atoms with E-state index in [1.54, 1.807) is 54.6 Å². The molecule has 0 bridgehead atoms. The fourth-order valence-electron chi connectivity index (χ4n) is 3.54. The summed E-state index contributed by atoms with van der Waals surface area (Å²) in [5.41, 5.74) is 1.67. The van der Waals surface area contributed by atoms with E-state index in [9.17, 15) is 18.8 Å². The number of benzene rings is 3. The molecule has 0 spiro atoms. The normalized spacial score (nSPS) is 14.2. The minimum absolute atomic E-state index is 0.141. The molecule has 0 radical (unpaired) electrons. The molecule has 1 aliphatic heterocycles. The fraction of sp³-hybridized carbons (Fsp3) is 0.148. The maximum Gasteiger partial charge on any atom is 0.294 e. The summed E-state index contributed by atoms with van der Waals surface area (Å²) in [7, 11) is 0. The summed E-state index contributed by atoms with van der Waals surface area (Å²) in [4.78, 5) is 39.0. The Kier molecular flexibility index (Phi) is 9.29. The number of amides is 3. The van der Waals surface area contributed by atoms with E-state index in [2.05, 4.69) is 27.9 Å². The summed E-state index contributed by atoms with van der Waals surface area (Å²) < 4.78 is 25.9. The number of hydrogen-bond donors (Lipinski definition) is 1. The van der Waals surface area contributed by atoms with Crippen molar-refractivity contribution in [2.75, 3.05) is 18.5 Å². The zero-order chi connectivity index (χ0) is 27.2. The van der Waals surface area contributed by atoms with Crippen LogP contribution in [-0.2, 0) is 16.2 Å². The molecule has 3 aromatic carbocycles. The Hall–Kier alpha value is -3.09. The fourth-order valence-corrected chi connectivity index (χ4v) is 5.34. The Labute approximate surface area is 241 Å². The molecule has 38 heavy (non-hydrogen) atoms. The molecule has 7 nitrogen and oxygen atoms in total. The lowest BCUT2D eigenvalue weighted by Crippen LogP contribution is -2.36. The number of halogens is 3. The number of anilines is 1. The third-order valence-electron chi connectivity index (χ3n) is 5.22. The molecule has 1 N–H and O–H groups in total. The van der Waals surface area contributed by atoms with Gasteiger partial charge < -0.3 is 14.8 Å². The second-order valence-electron chi connectivity index (χ2n) is 7.98. The van der Waals surface area contributed by atoms with Gasteiger partial charge in [0, 0.05) is 0 Å². The number of nitrogens with one attached hydrogen (secondary N) is 1. The summed E-state index contributed by atoms with van der Waals surface area (Å²) in [6.45, 7) is 1.89. The number of rotatable bonds is 9. The highest BCUT2D eigenvalue weighted by molar-refractivity contribution is 14.1. The number of carbonyl (C=O) groups is 3. The molecule has 3 aromatic rings. The van der Waals surface area contributed by atoms with Crippen molar-refractivity contribution in [2.24, 2.45) is 0 Å². The molecule has 0 aliphatic carbocycles. The third kappa shape index (κ3) is 6.86. The zero-order valence-corrected chi connectivity index (χ0v) is 23.7. The smallest absolute Gasteiger partial charge is 0.294 e. The average molecular weight is 667 g/mol. The van der Waals surface area contributed by atoms with Crippen molar-refractivity contribution >= 4 is 74.8 Å². The van der Waals surface area contributed by atoms with Crippen LogP contribution in [0.5, 0.6) is 11.5 Å². The van der Waals surface area contributed by atoms with Crippen molar-refractivity contribution < 1.29 is 28.2 Å². The summed E-state index contributed by atoms with van der Waals surface area (Å²) in [5.74, 6) is -0.543. The first kappa shape index (κ1) is 27.9. The summed E-state index contributed by atoms with van der Waals surface area (Å²) in [5, 5.41) is 2.40. The Morgan fingerprint density at radius 3 is 2.66 bits per heavy atom. The van der Waals surface area contributed by atoms with Gasteiger partial charge in [0.2, 0.25) is 5.91 Å². The van der Waals surface area contributed by atoms with Crippen molar-refractivity contribution in [3.05, 3.63) is 91.1 Å². The molecule has 0 aromatic heterocycles. The molecule has 11 heteroatoms. The lowest BCUT2D eigenvalue weighted by Gasteiger charge is -2.15. The quantitative estimate of drug-likeness (QED) is 0.201. The van der Waals surface area contributed by atoms with Gasteiger partial charge in [0.25, 0.3) is 11.1 Å². The Bertz CT molecular complexity index is 1430. The van der Waals surface area contributed by atoms with Crippen LogP contribution in [0.25, 0.3) is 6.08 Å². The van der Waals surface area contributed by atoms with Gasteiger partial charge >= 0.3 is 0 Å². The predicted octanol–water partition coefficient (Wildman–Crippen LogP) is 6.74. The second-order valence-corrected chi connectivity index (χ2v) is 10.5. The molecule has 1 fully saturated rings. The summed E-state index contributed by atoms with van der Waals surface area (Å²) >= 11 is 8.90. The topological polar surface area (TPSA) is 84.9 Å². The van der Waals surface area contributed by atoms with Gasteiger partial charge in [-0.05, 0) is 94.9 Å². The molecule has 1 heterocycles. The van der Waals surface area contributed by atoms with Gasteiger partial charge in [-0.3, -0.25) is 19.3 Å². The van der Waals surface area contributed by atoms with Gasteiger partial charge in [-0.25, -0.2) is 4.39 Å². The van der Waals surface area contributed by atoms with E-state index in [-0.39, 0.29) is 17.3 Å². The molecular weight excluding hydrogens is 646 g/mol. The lowest BCUT2D eigenvalue weighted by molar-refractivity contribution is -0.127. The van der Waals surface area contributed by atoms with Gasteiger partial charge in [-0.1, -0.05) is 35.9 Å². The highest BCUT2D eigenvalue weighted by Gasteiger charge is 2.36. The number of nitrogens with zero attached hydrogens (tertiary/aromatic N) is 1. The second kappa shape index (κ2) is 12.6. The van der Waals surface area contributed by atoms with Gasteiger partial charge in [0.05, 0.1) is 25.8 Å². The van der Waals surface area contributed by atoms with Crippen LogP contribution in [0.1, 0.15) is 18.1 Å². The van der Waals surface area contributed by atoms with Crippen molar-refractivity contribution in [3.8, 4) is 11.5 Å². The number of carbonyl (C=O) groups excluding carboxylic acids is 3. The minimum Gasteiger partial charge on any atom is -0.490 e. The van der Waals surface area contributed by atoms with Crippen LogP contribution in [0.15, 0.2) is 65.6 Å². The van der Waals surface area contributed by atoms with Crippen molar-refractivity contribution in [2.45, 2.75) is 13.5 Å². The molecule has 0 atom stereocenters. The van der Waals surface area contributed by atoms with Gasteiger partial charge in [-0.2, -0.15) is 0 Å². The van der Waals surface area contributed by atoms with E-state index in [1.807, 2.05) is 6.92 Å².